The fourth-order valence-electron chi connectivity index (χ4n) is 2.14. The molecule has 2 aromatic rings. The molecule has 0 amide bonds. The summed E-state index contributed by atoms with van der Waals surface area (Å²) in [4.78, 5) is 11.1. The number of nitrogens with zero attached hydrogens (tertiary/aromatic N) is 3. The van der Waals surface area contributed by atoms with E-state index in [1.165, 1.54) is 5.56 Å². The smallest absolute Gasteiger partial charge is 0.229 e. The maximum Gasteiger partial charge on any atom is 0.229 e. The number of allylic oxidation sites excluding steroid dienone is 1. The summed E-state index contributed by atoms with van der Waals surface area (Å²) in [5.41, 5.74) is 4.69. The van der Waals surface area contributed by atoms with Crippen LogP contribution in [0.3, 0.4) is 0 Å². The first-order chi connectivity index (χ1) is 11.9. The van der Waals surface area contributed by atoms with Crippen molar-refractivity contribution in [3.8, 4) is 5.88 Å². The highest BCUT2D eigenvalue weighted by molar-refractivity contribution is 9.10. The minimum Gasteiger partial charge on any atom is -0.472 e. The van der Waals surface area contributed by atoms with E-state index in [1.54, 1.807) is 6.34 Å². The number of hydrogen-bond donors (Lipinski definition) is 0. The Morgan fingerprint density at radius 1 is 1.40 bits per heavy atom. The van der Waals surface area contributed by atoms with Gasteiger partial charge in [-0.15, -0.1) is 0 Å². The van der Waals surface area contributed by atoms with Crippen LogP contribution in [0.2, 0.25) is 0 Å². The van der Waals surface area contributed by atoms with E-state index >= 15 is 0 Å². The Balaban J connectivity index is 2.28. The normalized spacial score (nSPS) is 10.9. The highest BCUT2D eigenvalue weighted by Crippen LogP contribution is 2.33. The number of rotatable bonds is 7. The van der Waals surface area contributed by atoms with Gasteiger partial charge in [-0.05, 0) is 59.5 Å². The second-order valence-electron chi connectivity index (χ2n) is 5.96. The third kappa shape index (κ3) is 5.16. The average Bonchev–Trinajstić information content (AvgIpc) is 2.59. The van der Waals surface area contributed by atoms with Gasteiger partial charge in [-0.3, -0.25) is 0 Å². The van der Waals surface area contributed by atoms with Gasteiger partial charge in [-0.1, -0.05) is 30.8 Å². The van der Waals surface area contributed by atoms with Crippen LogP contribution in [-0.4, -0.2) is 29.8 Å². The average molecular weight is 402 g/mol. The Morgan fingerprint density at radius 2 is 2.12 bits per heavy atom. The third-order valence-corrected chi connectivity index (χ3v) is 4.41. The first-order valence-electron chi connectivity index (χ1n) is 8.20. The molecule has 0 spiro atoms. The quantitative estimate of drug-likeness (QED) is 0.461. The lowest BCUT2D eigenvalue weighted by Crippen LogP contribution is -2.14. The van der Waals surface area contributed by atoms with Gasteiger partial charge in [0.05, 0.1) is 22.2 Å². The molecule has 0 atom stereocenters. The second-order valence-corrected chi connectivity index (χ2v) is 6.81. The van der Waals surface area contributed by atoms with E-state index in [1.807, 2.05) is 37.1 Å². The Bertz CT molecular complexity index is 787. The highest BCUT2D eigenvalue weighted by atomic mass is 79.9. The number of hydrogen-bond acceptors (Lipinski definition) is 3. The van der Waals surface area contributed by atoms with Crippen molar-refractivity contribution >= 4 is 33.5 Å². The molecule has 1 aromatic carbocycles. The number of halogens is 1. The summed E-state index contributed by atoms with van der Waals surface area (Å²) in [5.74, 6) is 0.545. The number of ether oxygens (including phenoxy) is 1. The molecule has 0 unspecified atom stereocenters. The first-order valence-corrected chi connectivity index (χ1v) is 8.99. The van der Waals surface area contributed by atoms with Gasteiger partial charge in [0, 0.05) is 13.6 Å². The number of pyridine rings is 1. The van der Waals surface area contributed by atoms with Crippen LogP contribution in [0.1, 0.15) is 30.7 Å². The molecule has 1 aromatic heterocycles. The summed E-state index contributed by atoms with van der Waals surface area (Å²) in [5, 5.41) is 0. The van der Waals surface area contributed by atoms with Crippen LogP contribution in [-0.2, 0) is 6.61 Å². The molecule has 132 valence electrons. The summed E-state index contributed by atoms with van der Waals surface area (Å²) in [6, 6.07) is 10.1. The zero-order valence-electron chi connectivity index (χ0n) is 15.2. The van der Waals surface area contributed by atoms with Crippen LogP contribution in [0, 0.1) is 6.92 Å². The van der Waals surface area contributed by atoms with E-state index in [-0.39, 0.29) is 0 Å². The Labute approximate surface area is 158 Å². The zero-order valence-corrected chi connectivity index (χ0v) is 16.8. The zero-order chi connectivity index (χ0) is 18.4. The fourth-order valence-corrected chi connectivity index (χ4v) is 2.56. The predicted molar refractivity (Wildman–Crippen MR) is 109 cm³/mol. The van der Waals surface area contributed by atoms with Crippen LogP contribution in [0.15, 0.2) is 46.4 Å². The van der Waals surface area contributed by atoms with Crippen molar-refractivity contribution < 1.29 is 4.74 Å². The Hall–Kier alpha value is -2.14. The van der Waals surface area contributed by atoms with Crippen molar-refractivity contribution in [2.75, 3.05) is 13.6 Å². The molecule has 0 aliphatic heterocycles. The molecule has 0 bridgehead atoms. The van der Waals surface area contributed by atoms with Crippen molar-refractivity contribution in [3.05, 3.63) is 58.2 Å². The van der Waals surface area contributed by atoms with E-state index in [2.05, 4.69) is 58.5 Å². The van der Waals surface area contributed by atoms with Gasteiger partial charge in [-0.25, -0.2) is 9.98 Å². The van der Waals surface area contributed by atoms with Crippen LogP contribution >= 0.6 is 15.9 Å². The molecule has 4 nitrogen and oxygen atoms in total. The SMILES string of the molecule is C=C(C)c1nc(OCc2ccccc2C)c(Br)cc1N=CN(C)CC. The molecule has 0 N–H and O–H groups in total. The molecule has 0 saturated carbocycles. The maximum absolute atomic E-state index is 5.93. The summed E-state index contributed by atoms with van der Waals surface area (Å²) in [7, 11) is 1.98. The topological polar surface area (TPSA) is 37.7 Å². The molecule has 0 aliphatic carbocycles. The number of aliphatic imine (C=N–C) groups is 1. The molecule has 1 heterocycles. The molecule has 0 aliphatic rings. The lowest BCUT2D eigenvalue weighted by Gasteiger charge is -2.13. The van der Waals surface area contributed by atoms with Gasteiger partial charge in [0.1, 0.15) is 6.61 Å². The van der Waals surface area contributed by atoms with Crippen molar-refractivity contribution in [2.24, 2.45) is 4.99 Å². The molecule has 5 heteroatoms. The van der Waals surface area contributed by atoms with E-state index in [0.29, 0.717) is 12.5 Å². The van der Waals surface area contributed by atoms with Gasteiger partial charge in [-0.2, -0.15) is 0 Å². The predicted octanol–water partition coefficient (Wildman–Crippen LogP) is 5.38. The van der Waals surface area contributed by atoms with E-state index in [0.717, 1.165) is 33.5 Å². The van der Waals surface area contributed by atoms with Gasteiger partial charge in [0.2, 0.25) is 5.88 Å². The van der Waals surface area contributed by atoms with Crippen molar-refractivity contribution in [2.45, 2.75) is 27.4 Å². The van der Waals surface area contributed by atoms with Gasteiger partial charge >= 0.3 is 0 Å². The summed E-state index contributed by atoms with van der Waals surface area (Å²) >= 11 is 3.54. The molecule has 0 saturated heterocycles. The van der Waals surface area contributed by atoms with Gasteiger partial charge in [0.15, 0.2) is 0 Å². The largest absolute Gasteiger partial charge is 0.472 e. The van der Waals surface area contributed by atoms with Crippen LogP contribution < -0.4 is 4.74 Å². The number of aryl methyl sites for hydroxylation is 1. The van der Waals surface area contributed by atoms with Crippen LogP contribution in [0.25, 0.3) is 5.57 Å². The third-order valence-electron chi connectivity index (χ3n) is 3.85. The molecule has 0 radical (unpaired) electrons. The molecular formula is C20H24BrN3O. The monoisotopic (exact) mass is 401 g/mol. The second kappa shape index (κ2) is 8.81. The van der Waals surface area contributed by atoms with Crippen molar-refractivity contribution in [1.82, 2.24) is 9.88 Å². The number of benzene rings is 1. The molecule has 0 fully saturated rings. The fraction of sp³-hybridized carbons (Fsp3) is 0.300. The molecule has 2 rings (SSSR count). The van der Waals surface area contributed by atoms with E-state index in [9.17, 15) is 0 Å². The Kier molecular flexibility index (Phi) is 6.76. The first kappa shape index (κ1) is 19.2. The van der Waals surface area contributed by atoms with Crippen LogP contribution in [0.5, 0.6) is 5.88 Å². The Morgan fingerprint density at radius 3 is 2.76 bits per heavy atom. The van der Waals surface area contributed by atoms with Gasteiger partial charge in [0.25, 0.3) is 0 Å². The van der Waals surface area contributed by atoms with Crippen LogP contribution in [0.4, 0.5) is 5.69 Å². The number of aromatic nitrogens is 1. The molecular weight excluding hydrogens is 378 g/mol. The highest BCUT2D eigenvalue weighted by Gasteiger charge is 2.12. The summed E-state index contributed by atoms with van der Waals surface area (Å²) < 4.78 is 6.71. The lowest BCUT2D eigenvalue weighted by atomic mass is 10.1. The minimum absolute atomic E-state index is 0.467. The molecule has 25 heavy (non-hydrogen) atoms. The lowest BCUT2D eigenvalue weighted by molar-refractivity contribution is 0.291. The van der Waals surface area contributed by atoms with Crippen molar-refractivity contribution in [3.63, 3.8) is 0 Å². The minimum atomic E-state index is 0.467. The standard InChI is InChI=1S/C20H24BrN3O/c1-6-24(5)13-22-18-11-17(21)20(23-19(18)14(2)3)25-12-16-10-8-7-9-15(16)4/h7-11,13H,2,6,12H2,1,3-5H3. The summed E-state index contributed by atoms with van der Waals surface area (Å²) in [6.45, 7) is 11.4. The van der Waals surface area contributed by atoms with Gasteiger partial charge < -0.3 is 9.64 Å². The van der Waals surface area contributed by atoms with E-state index < -0.39 is 0 Å². The maximum atomic E-state index is 5.93. The van der Waals surface area contributed by atoms with Crippen molar-refractivity contribution in [1.29, 1.82) is 0 Å². The summed E-state index contributed by atoms with van der Waals surface area (Å²) in [6.07, 6.45) is 1.80. The van der Waals surface area contributed by atoms with E-state index in [4.69, 9.17) is 4.74 Å².